The number of hydrogen-bond acceptors (Lipinski definition) is 5. The topological polar surface area (TPSA) is 128 Å². The van der Waals surface area contributed by atoms with Crippen LogP contribution in [0.1, 0.15) is 12.5 Å². The maximum atomic E-state index is 12.6. The Bertz CT molecular complexity index is 752. The van der Waals surface area contributed by atoms with Gasteiger partial charge in [0.15, 0.2) is 11.1 Å². The molecule has 2 aliphatic rings. The van der Waals surface area contributed by atoms with Gasteiger partial charge in [-0.1, -0.05) is 37.3 Å². The number of nitriles is 1. The molecule has 1 aromatic rings. The number of benzene rings is 1. The van der Waals surface area contributed by atoms with Crippen LogP contribution in [-0.2, 0) is 15.3 Å². The largest absolute Gasteiger partial charge is 0.384 e. The van der Waals surface area contributed by atoms with Gasteiger partial charge in [-0.3, -0.25) is 9.59 Å². The molecule has 0 bridgehead atoms. The van der Waals surface area contributed by atoms with E-state index in [4.69, 9.17) is 5.73 Å². The number of hydrogen-bond donors (Lipinski definition) is 4. The van der Waals surface area contributed by atoms with Crippen LogP contribution in [0.2, 0.25) is 0 Å². The van der Waals surface area contributed by atoms with Gasteiger partial charge < -0.3 is 21.5 Å². The van der Waals surface area contributed by atoms with Crippen LogP contribution in [0.4, 0.5) is 0 Å². The summed E-state index contributed by atoms with van der Waals surface area (Å²) in [6.45, 7) is 1.54. The van der Waals surface area contributed by atoms with E-state index < -0.39 is 28.9 Å². The lowest BCUT2D eigenvalue weighted by Crippen LogP contribution is -2.45. The Balaban J connectivity index is 2.20. The molecule has 1 saturated heterocycles. The second-order valence-electron chi connectivity index (χ2n) is 5.47. The van der Waals surface area contributed by atoms with Gasteiger partial charge >= 0.3 is 0 Å². The lowest BCUT2D eigenvalue weighted by Gasteiger charge is -2.31. The van der Waals surface area contributed by atoms with Crippen LogP contribution in [0, 0.1) is 22.7 Å². The van der Waals surface area contributed by atoms with E-state index in [0.717, 1.165) is 0 Å². The van der Waals surface area contributed by atoms with Crippen molar-refractivity contribution in [3.8, 4) is 6.07 Å². The Morgan fingerprint density at radius 2 is 1.91 bits per heavy atom. The Morgan fingerprint density at radius 3 is 2.50 bits per heavy atom. The standard InChI is InChI=1S/C15H14N4O3/c1-8-14(10(7-16)11(17)18-12(14)20)13(21)19-15(8,22)9-5-3-2-4-6-9/h2-6,8,22H,17H2,1H3,(H,18,20)(H,19,21)/t8-,14-,15+/m1/s1. The summed E-state index contributed by atoms with van der Waals surface area (Å²) in [4.78, 5) is 24.9. The molecule has 5 N–H and O–H groups in total. The van der Waals surface area contributed by atoms with Gasteiger partial charge in [-0.25, -0.2) is 0 Å². The first kappa shape index (κ1) is 14.1. The molecule has 7 heteroatoms. The third kappa shape index (κ3) is 1.42. The molecular formula is C15H14N4O3. The van der Waals surface area contributed by atoms with Crippen molar-refractivity contribution >= 4 is 11.8 Å². The SMILES string of the molecule is C[C@@H]1[C@@]2(C(=O)NC(N)=C2C#N)C(=O)N[C@@]1(O)c1ccccc1. The number of carbonyl (C=O) groups excluding carboxylic acids is 2. The maximum Gasteiger partial charge on any atom is 0.247 e. The first-order valence-electron chi connectivity index (χ1n) is 6.71. The average molecular weight is 298 g/mol. The van der Waals surface area contributed by atoms with Crippen molar-refractivity contribution in [2.75, 3.05) is 0 Å². The predicted molar refractivity (Wildman–Crippen MR) is 75.0 cm³/mol. The lowest BCUT2D eigenvalue weighted by atomic mass is 9.69. The van der Waals surface area contributed by atoms with E-state index in [9.17, 15) is 20.0 Å². The van der Waals surface area contributed by atoms with Gasteiger partial charge in [0, 0.05) is 11.5 Å². The molecule has 1 aromatic carbocycles. The lowest BCUT2D eigenvalue weighted by molar-refractivity contribution is -0.138. The third-order valence-electron chi connectivity index (χ3n) is 4.53. The van der Waals surface area contributed by atoms with Crippen LogP contribution in [0.25, 0.3) is 0 Å². The molecule has 0 radical (unpaired) electrons. The van der Waals surface area contributed by atoms with Crippen LogP contribution in [-0.4, -0.2) is 16.9 Å². The summed E-state index contributed by atoms with van der Waals surface area (Å²) < 4.78 is 0. The molecule has 0 unspecified atom stereocenters. The number of aliphatic hydroxyl groups is 1. The zero-order valence-corrected chi connectivity index (χ0v) is 11.8. The zero-order valence-electron chi connectivity index (χ0n) is 11.8. The molecule has 0 aliphatic carbocycles. The maximum absolute atomic E-state index is 12.6. The highest BCUT2D eigenvalue weighted by atomic mass is 16.3. The number of nitrogens with two attached hydrogens (primary N) is 1. The summed E-state index contributed by atoms with van der Waals surface area (Å²) in [7, 11) is 0. The molecule has 22 heavy (non-hydrogen) atoms. The molecule has 1 fully saturated rings. The van der Waals surface area contributed by atoms with E-state index in [2.05, 4.69) is 10.6 Å². The minimum atomic E-state index is -1.82. The van der Waals surface area contributed by atoms with Crippen molar-refractivity contribution in [3.05, 3.63) is 47.3 Å². The first-order valence-corrected chi connectivity index (χ1v) is 6.71. The molecule has 0 saturated carbocycles. The molecule has 2 aliphatic heterocycles. The molecule has 2 heterocycles. The Labute approximate surface area is 126 Å². The van der Waals surface area contributed by atoms with E-state index >= 15 is 0 Å². The molecule has 2 amide bonds. The smallest absolute Gasteiger partial charge is 0.247 e. The van der Waals surface area contributed by atoms with Crippen LogP contribution in [0.5, 0.6) is 0 Å². The van der Waals surface area contributed by atoms with Crippen molar-refractivity contribution < 1.29 is 14.7 Å². The second-order valence-corrected chi connectivity index (χ2v) is 5.47. The number of nitrogens with zero attached hydrogens (tertiary/aromatic N) is 1. The van der Waals surface area contributed by atoms with E-state index in [1.165, 1.54) is 0 Å². The normalized spacial score (nSPS) is 33.8. The fourth-order valence-electron chi connectivity index (χ4n) is 3.29. The summed E-state index contributed by atoms with van der Waals surface area (Å²) in [5.41, 5.74) is 2.35. The fourth-order valence-corrected chi connectivity index (χ4v) is 3.29. The summed E-state index contributed by atoms with van der Waals surface area (Å²) in [6, 6.07) is 10.3. The number of rotatable bonds is 1. The fraction of sp³-hybridized carbons (Fsp3) is 0.267. The van der Waals surface area contributed by atoms with Crippen molar-refractivity contribution in [2.45, 2.75) is 12.6 Å². The highest BCUT2D eigenvalue weighted by Gasteiger charge is 2.69. The van der Waals surface area contributed by atoms with Crippen LogP contribution in [0.15, 0.2) is 41.7 Å². The Kier molecular flexibility index (Phi) is 2.77. The molecule has 0 aromatic heterocycles. The first-order chi connectivity index (χ1) is 10.4. The molecule has 1 spiro atoms. The summed E-state index contributed by atoms with van der Waals surface area (Å²) in [5, 5.41) is 25.1. The minimum absolute atomic E-state index is 0.146. The summed E-state index contributed by atoms with van der Waals surface area (Å²) in [6.07, 6.45) is 0. The third-order valence-corrected chi connectivity index (χ3v) is 4.53. The van der Waals surface area contributed by atoms with Crippen LogP contribution < -0.4 is 16.4 Å². The average Bonchev–Trinajstić information content (AvgIpc) is 2.88. The van der Waals surface area contributed by atoms with Crippen molar-refractivity contribution in [2.24, 2.45) is 17.1 Å². The molecule has 7 nitrogen and oxygen atoms in total. The van der Waals surface area contributed by atoms with Gasteiger partial charge in [0.25, 0.3) is 0 Å². The van der Waals surface area contributed by atoms with Gasteiger partial charge in [-0.05, 0) is 0 Å². The number of amides is 2. The van der Waals surface area contributed by atoms with E-state index in [1.54, 1.807) is 37.3 Å². The Morgan fingerprint density at radius 1 is 1.27 bits per heavy atom. The highest BCUT2D eigenvalue weighted by molar-refractivity contribution is 6.14. The monoisotopic (exact) mass is 298 g/mol. The van der Waals surface area contributed by atoms with Crippen molar-refractivity contribution in [1.29, 1.82) is 5.26 Å². The van der Waals surface area contributed by atoms with E-state index in [1.807, 2.05) is 6.07 Å². The second kappa shape index (κ2) is 4.32. The summed E-state index contributed by atoms with van der Waals surface area (Å²) >= 11 is 0. The quantitative estimate of drug-likeness (QED) is 0.515. The van der Waals surface area contributed by atoms with Crippen LogP contribution >= 0.6 is 0 Å². The molecule has 3 atom stereocenters. The van der Waals surface area contributed by atoms with Crippen LogP contribution in [0.3, 0.4) is 0 Å². The van der Waals surface area contributed by atoms with Gasteiger partial charge in [-0.2, -0.15) is 5.26 Å². The van der Waals surface area contributed by atoms with E-state index in [-0.39, 0.29) is 11.4 Å². The molecular weight excluding hydrogens is 284 g/mol. The van der Waals surface area contributed by atoms with Gasteiger partial charge in [-0.15, -0.1) is 0 Å². The Hall–Kier alpha value is -2.85. The summed E-state index contributed by atoms with van der Waals surface area (Å²) in [5.74, 6) is -2.49. The van der Waals surface area contributed by atoms with Crippen molar-refractivity contribution in [3.63, 3.8) is 0 Å². The molecule has 3 rings (SSSR count). The van der Waals surface area contributed by atoms with Crippen molar-refractivity contribution in [1.82, 2.24) is 10.6 Å². The van der Waals surface area contributed by atoms with E-state index in [0.29, 0.717) is 5.56 Å². The number of nitrogens with one attached hydrogen (secondary N) is 2. The highest BCUT2D eigenvalue weighted by Crippen LogP contribution is 2.52. The molecule has 112 valence electrons. The minimum Gasteiger partial charge on any atom is -0.384 e. The van der Waals surface area contributed by atoms with Gasteiger partial charge in [0.2, 0.25) is 11.8 Å². The van der Waals surface area contributed by atoms with Gasteiger partial charge in [0.1, 0.15) is 11.9 Å². The van der Waals surface area contributed by atoms with Gasteiger partial charge in [0.05, 0.1) is 5.57 Å². The predicted octanol–water partition coefficient (Wildman–Crippen LogP) is -0.592. The zero-order chi connectivity index (χ0) is 16.1. The number of carbonyl (C=O) groups is 2.